The molecular weight excluding hydrogens is 168 g/mol. The van der Waals surface area contributed by atoms with Crippen molar-refractivity contribution >= 4 is 6.21 Å². The van der Waals surface area contributed by atoms with E-state index in [1.807, 2.05) is 20.8 Å². The van der Waals surface area contributed by atoms with Crippen LogP contribution in [0.3, 0.4) is 0 Å². The maximum atomic E-state index is 5.72. The maximum absolute atomic E-state index is 5.72. The third-order valence-electron chi connectivity index (χ3n) is 1.95. The first-order valence-electron chi connectivity index (χ1n) is 4.29. The van der Waals surface area contributed by atoms with Gasteiger partial charge in [-0.2, -0.15) is 0 Å². The van der Waals surface area contributed by atoms with E-state index in [0.717, 1.165) is 0 Å². The topological polar surface area (TPSA) is 56.8 Å². The summed E-state index contributed by atoms with van der Waals surface area (Å²) in [5.74, 6) is 0. The first-order chi connectivity index (χ1) is 5.94. The minimum atomic E-state index is -0.347. The van der Waals surface area contributed by atoms with E-state index in [1.54, 1.807) is 20.4 Å². The van der Waals surface area contributed by atoms with Crippen LogP contribution >= 0.6 is 0 Å². The lowest BCUT2D eigenvalue weighted by molar-refractivity contribution is 0.0469. The number of methoxy groups -OCH3 is 2. The quantitative estimate of drug-likeness (QED) is 0.517. The summed E-state index contributed by atoms with van der Waals surface area (Å²) in [6.45, 7) is 5.80. The molecule has 0 radical (unpaired) electrons. The summed E-state index contributed by atoms with van der Waals surface area (Å²) in [6.07, 6.45) is 1.29. The average Bonchev–Trinajstić information content (AvgIpc) is 2.12. The van der Waals surface area contributed by atoms with Gasteiger partial charge in [0.1, 0.15) is 12.5 Å². The van der Waals surface area contributed by atoms with E-state index in [2.05, 4.69) is 4.99 Å². The Labute approximate surface area is 80.1 Å². The van der Waals surface area contributed by atoms with Gasteiger partial charge in [-0.15, -0.1) is 0 Å². The SMILES string of the molecule is COC(N)C(C)(C)C=N[C@@H](C)OC. The van der Waals surface area contributed by atoms with Crippen LogP contribution in [0.1, 0.15) is 20.8 Å². The minimum absolute atomic E-state index is 0.136. The second-order valence-electron chi connectivity index (χ2n) is 3.59. The largest absolute Gasteiger partial charge is 0.366 e. The summed E-state index contributed by atoms with van der Waals surface area (Å²) in [4.78, 5) is 4.18. The number of hydrogen-bond acceptors (Lipinski definition) is 4. The summed E-state index contributed by atoms with van der Waals surface area (Å²) in [5, 5.41) is 0. The number of hydrogen-bond donors (Lipinski definition) is 1. The van der Waals surface area contributed by atoms with Crippen LogP contribution in [0, 0.1) is 5.41 Å². The van der Waals surface area contributed by atoms with E-state index in [1.165, 1.54) is 0 Å². The highest BCUT2D eigenvalue weighted by molar-refractivity contribution is 5.65. The van der Waals surface area contributed by atoms with Crippen LogP contribution < -0.4 is 5.73 Å². The van der Waals surface area contributed by atoms with E-state index in [9.17, 15) is 0 Å². The zero-order chi connectivity index (χ0) is 10.5. The van der Waals surface area contributed by atoms with Crippen molar-refractivity contribution in [2.75, 3.05) is 14.2 Å². The van der Waals surface area contributed by atoms with Gasteiger partial charge in [-0.25, -0.2) is 0 Å². The Hall–Kier alpha value is -0.450. The molecule has 0 amide bonds. The molecule has 4 heteroatoms. The van der Waals surface area contributed by atoms with Gasteiger partial charge >= 0.3 is 0 Å². The molecule has 0 heterocycles. The molecule has 0 fully saturated rings. The van der Waals surface area contributed by atoms with Gasteiger partial charge in [0.25, 0.3) is 0 Å². The second-order valence-corrected chi connectivity index (χ2v) is 3.59. The molecule has 0 rings (SSSR count). The van der Waals surface area contributed by atoms with Gasteiger partial charge in [0.15, 0.2) is 0 Å². The van der Waals surface area contributed by atoms with Gasteiger partial charge in [-0.1, -0.05) is 13.8 Å². The Kier molecular flexibility index (Phi) is 5.13. The fourth-order valence-corrected chi connectivity index (χ4v) is 0.735. The third kappa shape index (κ3) is 4.36. The molecule has 0 bridgehead atoms. The average molecular weight is 188 g/mol. The Morgan fingerprint density at radius 1 is 1.31 bits per heavy atom. The van der Waals surface area contributed by atoms with Gasteiger partial charge in [0, 0.05) is 25.8 Å². The van der Waals surface area contributed by atoms with Crippen LogP contribution in [0.4, 0.5) is 0 Å². The predicted octanol–water partition coefficient (Wildman–Crippen LogP) is 1.01. The molecule has 0 aromatic heterocycles. The van der Waals surface area contributed by atoms with Crippen LogP contribution in [0.5, 0.6) is 0 Å². The van der Waals surface area contributed by atoms with Gasteiger partial charge in [0.05, 0.1) is 0 Å². The molecule has 0 spiro atoms. The van der Waals surface area contributed by atoms with E-state index in [0.29, 0.717) is 0 Å². The Morgan fingerprint density at radius 3 is 2.23 bits per heavy atom. The van der Waals surface area contributed by atoms with Crippen LogP contribution in [0.2, 0.25) is 0 Å². The molecule has 0 saturated heterocycles. The highest BCUT2D eigenvalue weighted by atomic mass is 16.5. The van der Waals surface area contributed by atoms with Crippen LogP contribution in [0.15, 0.2) is 4.99 Å². The lowest BCUT2D eigenvalue weighted by Crippen LogP contribution is -2.40. The Morgan fingerprint density at radius 2 is 1.85 bits per heavy atom. The summed E-state index contributed by atoms with van der Waals surface area (Å²) in [7, 11) is 3.20. The first-order valence-corrected chi connectivity index (χ1v) is 4.29. The molecule has 78 valence electrons. The van der Waals surface area contributed by atoms with Crippen LogP contribution in [-0.4, -0.2) is 32.9 Å². The minimum Gasteiger partial charge on any atom is -0.366 e. The summed E-state index contributed by atoms with van der Waals surface area (Å²) >= 11 is 0. The van der Waals surface area contributed by atoms with Crippen molar-refractivity contribution in [1.82, 2.24) is 0 Å². The van der Waals surface area contributed by atoms with Gasteiger partial charge in [0.2, 0.25) is 0 Å². The molecular formula is C9H20N2O2. The zero-order valence-corrected chi connectivity index (χ0v) is 9.07. The molecule has 0 aliphatic carbocycles. The monoisotopic (exact) mass is 188 g/mol. The number of nitrogens with zero attached hydrogens (tertiary/aromatic N) is 1. The number of nitrogens with two attached hydrogens (primary N) is 1. The second kappa shape index (κ2) is 5.32. The van der Waals surface area contributed by atoms with Gasteiger partial charge in [-0.05, 0) is 6.92 Å². The van der Waals surface area contributed by atoms with Crippen LogP contribution in [-0.2, 0) is 9.47 Å². The van der Waals surface area contributed by atoms with Crippen molar-refractivity contribution < 1.29 is 9.47 Å². The molecule has 2 atom stereocenters. The smallest absolute Gasteiger partial charge is 0.144 e. The number of rotatable bonds is 5. The number of aliphatic imine (C=N–C) groups is 1. The Bertz CT molecular complexity index is 169. The Balaban J connectivity index is 4.22. The maximum Gasteiger partial charge on any atom is 0.144 e. The van der Waals surface area contributed by atoms with Gasteiger partial charge in [-0.3, -0.25) is 4.99 Å². The lowest BCUT2D eigenvalue weighted by atomic mass is 9.93. The molecule has 13 heavy (non-hydrogen) atoms. The van der Waals surface area contributed by atoms with Gasteiger partial charge < -0.3 is 15.2 Å². The van der Waals surface area contributed by atoms with E-state index in [-0.39, 0.29) is 17.9 Å². The fraction of sp³-hybridized carbons (Fsp3) is 0.889. The molecule has 0 aromatic carbocycles. The highest BCUT2D eigenvalue weighted by Gasteiger charge is 2.24. The van der Waals surface area contributed by atoms with E-state index in [4.69, 9.17) is 15.2 Å². The van der Waals surface area contributed by atoms with Crippen LogP contribution in [0.25, 0.3) is 0 Å². The molecule has 0 aromatic rings. The highest BCUT2D eigenvalue weighted by Crippen LogP contribution is 2.16. The third-order valence-corrected chi connectivity index (χ3v) is 1.95. The van der Waals surface area contributed by atoms with Crippen molar-refractivity contribution in [2.45, 2.75) is 33.2 Å². The number of ether oxygens (including phenoxy) is 2. The van der Waals surface area contributed by atoms with Crippen molar-refractivity contribution in [3.05, 3.63) is 0 Å². The molecule has 4 nitrogen and oxygen atoms in total. The lowest BCUT2D eigenvalue weighted by Gasteiger charge is -2.26. The molecule has 0 aliphatic heterocycles. The fourth-order valence-electron chi connectivity index (χ4n) is 0.735. The predicted molar refractivity (Wildman–Crippen MR) is 53.7 cm³/mol. The normalized spacial score (nSPS) is 17.7. The summed E-state index contributed by atoms with van der Waals surface area (Å²) < 4.78 is 10.0. The van der Waals surface area contributed by atoms with E-state index < -0.39 is 0 Å². The first kappa shape index (κ1) is 12.6. The van der Waals surface area contributed by atoms with E-state index >= 15 is 0 Å². The molecule has 1 unspecified atom stereocenters. The summed E-state index contributed by atoms with van der Waals surface area (Å²) in [5.41, 5.74) is 5.45. The van der Waals surface area contributed by atoms with Crippen molar-refractivity contribution in [3.63, 3.8) is 0 Å². The van der Waals surface area contributed by atoms with Crippen molar-refractivity contribution in [3.8, 4) is 0 Å². The van der Waals surface area contributed by atoms with Crippen molar-refractivity contribution in [1.29, 1.82) is 0 Å². The van der Waals surface area contributed by atoms with Crippen molar-refractivity contribution in [2.24, 2.45) is 16.1 Å². The zero-order valence-electron chi connectivity index (χ0n) is 9.07. The molecule has 0 saturated carbocycles. The molecule has 2 N–H and O–H groups in total. The molecule has 0 aliphatic rings. The standard InChI is InChI=1S/C9H20N2O2/c1-7(12-4)11-6-9(2,3)8(10)13-5/h6-8H,10H2,1-5H3/t7-,8?/m1/s1. The summed E-state index contributed by atoms with van der Waals surface area (Å²) in [6, 6.07) is 0.